The number of carboxylic acid groups (broad SMARTS) is 2. The van der Waals surface area contributed by atoms with E-state index in [1.807, 2.05) is 0 Å². The van der Waals surface area contributed by atoms with E-state index >= 15 is 0 Å². The molecule has 0 aromatic rings. The number of carbonyl (C=O) groups excluding carboxylic acids is 2. The van der Waals surface area contributed by atoms with E-state index in [1.54, 1.807) is 13.8 Å². The fourth-order valence-corrected chi connectivity index (χ4v) is 4.00. The van der Waals surface area contributed by atoms with Crippen molar-refractivity contribution >= 4 is 11.9 Å². The SMILES string of the molecule is CC1CCCC(C)(C(=O)[O-])C1.CC1CCCC(C)(C(=O)[O-])C1.[Zn+2]. The van der Waals surface area contributed by atoms with Crippen LogP contribution in [0, 0.1) is 22.7 Å². The molecule has 128 valence electrons. The first kappa shape index (κ1) is 22.6. The van der Waals surface area contributed by atoms with E-state index in [9.17, 15) is 19.8 Å². The minimum Gasteiger partial charge on any atom is -0.550 e. The molecule has 2 aliphatic carbocycles. The van der Waals surface area contributed by atoms with E-state index in [1.165, 1.54) is 12.8 Å². The van der Waals surface area contributed by atoms with Crippen molar-refractivity contribution in [1.82, 2.24) is 0 Å². The first-order valence-electron chi connectivity index (χ1n) is 8.52. The van der Waals surface area contributed by atoms with E-state index in [2.05, 4.69) is 13.8 Å². The van der Waals surface area contributed by atoms with Crippen LogP contribution in [-0.4, -0.2) is 11.9 Å². The molecule has 2 aliphatic rings. The Kier molecular flexibility index (Phi) is 8.98. The minimum absolute atomic E-state index is 0. The normalized spacial score (nSPS) is 36.9. The molecule has 0 N–H and O–H groups in total. The Morgan fingerprint density at radius 3 is 1.30 bits per heavy atom. The molecule has 0 aromatic carbocycles. The van der Waals surface area contributed by atoms with Gasteiger partial charge >= 0.3 is 19.5 Å². The zero-order valence-electron chi connectivity index (χ0n) is 15.2. The molecule has 4 nitrogen and oxygen atoms in total. The Bertz CT molecular complexity index is 374. The van der Waals surface area contributed by atoms with Gasteiger partial charge in [-0.1, -0.05) is 53.4 Å². The first-order valence-corrected chi connectivity index (χ1v) is 8.52. The quantitative estimate of drug-likeness (QED) is 0.690. The van der Waals surface area contributed by atoms with Gasteiger partial charge in [-0.3, -0.25) is 0 Å². The van der Waals surface area contributed by atoms with Gasteiger partial charge in [0.15, 0.2) is 0 Å². The van der Waals surface area contributed by atoms with E-state index in [-0.39, 0.29) is 19.5 Å². The van der Waals surface area contributed by atoms with Crippen LogP contribution in [0.3, 0.4) is 0 Å². The summed E-state index contributed by atoms with van der Waals surface area (Å²) in [4.78, 5) is 21.4. The molecule has 2 fully saturated rings. The zero-order chi connectivity index (χ0) is 17.0. The molecule has 2 saturated carbocycles. The summed E-state index contributed by atoms with van der Waals surface area (Å²) >= 11 is 0. The van der Waals surface area contributed by atoms with Crippen LogP contribution in [0.15, 0.2) is 0 Å². The molecule has 4 atom stereocenters. The summed E-state index contributed by atoms with van der Waals surface area (Å²) in [7, 11) is 0. The average molecular weight is 376 g/mol. The standard InChI is InChI=1S/2C9H16O2.Zn/c2*1-7-4-3-5-9(2,6-7)8(10)11;/h2*7H,3-6H2,1-2H3,(H,10,11);/q;;+2/p-2. The van der Waals surface area contributed by atoms with Gasteiger partial charge in [-0.2, -0.15) is 0 Å². The number of hydrogen-bond acceptors (Lipinski definition) is 4. The maximum Gasteiger partial charge on any atom is 2.00 e. The van der Waals surface area contributed by atoms with Gasteiger partial charge in [-0.25, -0.2) is 0 Å². The third-order valence-corrected chi connectivity index (χ3v) is 5.43. The minimum atomic E-state index is -0.871. The van der Waals surface area contributed by atoms with Crippen molar-refractivity contribution in [3.05, 3.63) is 0 Å². The number of aliphatic carboxylic acids is 2. The van der Waals surface area contributed by atoms with Crippen molar-refractivity contribution in [3.63, 3.8) is 0 Å². The van der Waals surface area contributed by atoms with Crippen LogP contribution < -0.4 is 10.2 Å². The van der Waals surface area contributed by atoms with Crippen LogP contribution in [0.1, 0.15) is 79.1 Å². The van der Waals surface area contributed by atoms with Gasteiger partial charge < -0.3 is 19.8 Å². The predicted molar refractivity (Wildman–Crippen MR) is 81.5 cm³/mol. The summed E-state index contributed by atoms with van der Waals surface area (Å²) in [6.07, 6.45) is 7.56. The van der Waals surface area contributed by atoms with Crippen LogP contribution in [0.5, 0.6) is 0 Å². The fraction of sp³-hybridized carbons (Fsp3) is 0.889. The predicted octanol–water partition coefficient (Wildman–Crippen LogP) is 1.90. The average Bonchev–Trinajstić information content (AvgIpc) is 2.38. The van der Waals surface area contributed by atoms with Gasteiger partial charge in [0.05, 0.1) is 0 Å². The van der Waals surface area contributed by atoms with E-state index in [4.69, 9.17) is 0 Å². The van der Waals surface area contributed by atoms with Crippen molar-refractivity contribution < 1.29 is 39.3 Å². The van der Waals surface area contributed by atoms with Crippen molar-refractivity contribution in [2.24, 2.45) is 22.7 Å². The van der Waals surface area contributed by atoms with E-state index in [0.717, 1.165) is 38.5 Å². The number of carbonyl (C=O) groups is 2. The molecule has 0 aromatic heterocycles. The first-order chi connectivity index (χ1) is 10.1. The van der Waals surface area contributed by atoms with Crippen molar-refractivity contribution in [3.8, 4) is 0 Å². The van der Waals surface area contributed by atoms with Gasteiger partial charge in [-0.05, 0) is 37.5 Å². The molecule has 0 amide bonds. The molecule has 2 rings (SSSR count). The Morgan fingerprint density at radius 1 is 0.826 bits per heavy atom. The third-order valence-electron chi connectivity index (χ3n) is 5.43. The Hall–Kier alpha value is -0.437. The van der Waals surface area contributed by atoms with Crippen LogP contribution >= 0.6 is 0 Å². The van der Waals surface area contributed by atoms with Crippen molar-refractivity contribution in [2.45, 2.75) is 79.1 Å². The third kappa shape index (κ3) is 6.53. The summed E-state index contributed by atoms with van der Waals surface area (Å²) in [6.45, 7) is 7.83. The molecule has 0 bridgehead atoms. The summed E-state index contributed by atoms with van der Waals surface area (Å²) in [5.41, 5.74) is -1.09. The van der Waals surface area contributed by atoms with Gasteiger partial charge in [0.25, 0.3) is 0 Å². The van der Waals surface area contributed by atoms with Gasteiger partial charge in [0.1, 0.15) is 0 Å². The van der Waals surface area contributed by atoms with Gasteiger partial charge in [0.2, 0.25) is 0 Å². The summed E-state index contributed by atoms with van der Waals surface area (Å²) in [5.74, 6) is -0.647. The second kappa shape index (κ2) is 9.15. The van der Waals surface area contributed by atoms with Crippen molar-refractivity contribution in [1.29, 1.82) is 0 Å². The van der Waals surface area contributed by atoms with Crippen LogP contribution in [-0.2, 0) is 29.1 Å². The molecule has 0 aliphatic heterocycles. The summed E-state index contributed by atoms with van der Waals surface area (Å²) < 4.78 is 0. The maximum atomic E-state index is 10.7. The molecule has 0 saturated heterocycles. The molecule has 4 unspecified atom stereocenters. The molecular weight excluding hydrogens is 346 g/mol. The maximum absolute atomic E-state index is 10.7. The number of rotatable bonds is 2. The summed E-state index contributed by atoms with van der Waals surface area (Å²) in [5, 5.41) is 21.4. The summed E-state index contributed by atoms with van der Waals surface area (Å²) in [6, 6.07) is 0. The van der Waals surface area contributed by atoms with Crippen LogP contribution in [0.25, 0.3) is 0 Å². The molecule has 5 heteroatoms. The van der Waals surface area contributed by atoms with Gasteiger partial charge in [-0.15, -0.1) is 0 Å². The van der Waals surface area contributed by atoms with Crippen LogP contribution in [0.2, 0.25) is 0 Å². The zero-order valence-corrected chi connectivity index (χ0v) is 18.1. The smallest absolute Gasteiger partial charge is 0.550 e. The topological polar surface area (TPSA) is 80.3 Å². The monoisotopic (exact) mass is 374 g/mol. The molecule has 0 heterocycles. The van der Waals surface area contributed by atoms with E-state index in [0.29, 0.717) is 11.8 Å². The van der Waals surface area contributed by atoms with Gasteiger partial charge in [0, 0.05) is 22.8 Å². The molecular formula is C18H30O4Zn. The van der Waals surface area contributed by atoms with Crippen molar-refractivity contribution in [2.75, 3.05) is 0 Å². The number of hydrogen-bond donors (Lipinski definition) is 0. The largest absolute Gasteiger partial charge is 2.00 e. The van der Waals surface area contributed by atoms with E-state index < -0.39 is 22.8 Å². The second-order valence-corrected chi connectivity index (χ2v) is 8.10. The fourth-order valence-electron chi connectivity index (χ4n) is 4.00. The molecule has 0 radical (unpaired) electrons. The molecule has 0 spiro atoms. The second-order valence-electron chi connectivity index (χ2n) is 8.10. The Labute approximate surface area is 153 Å². The molecule has 23 heavy (non-hydrogen) atoms. The number of carboxylic acids is 2. The Morgan fingerprint density at radius 2 is 1.13 bits per heavy atom. The Balaban J connectivity index is 0.000000403. The van der Waals surface area contributed by atoms with Crippen LogP contribution in [0.4, 0.5) is 0 Å².